The highest BCUT2D eigenvalue weighted by molar-refractivity contribution is 9.10. The summed E-state index contributed by atoms with van der Waals surface area (Å²) in [6, 6.07) is 12.9. The number of cyclic esters (lactones) is 1. The Morgan fingerprint density at radius 1 is 1.13 bits per heavy atom. The number of halogens is 3. The average Bonchev–Trinajstić information content (AvgIpc) is 2.94. The van der Waals surface area contributed by atoms with Crippen LogP contribution in [0.5, 0.6) is 0 Å². The van der Waals surface area contributed by atoms with Crippen LogP contribution in [-0.2, 0) is 9.53 Å². The maximum Gasteiger partial charge on any atom is 0.331 e. The van der Waals surface area contributed by atoms with E-state index in [0.717, 1.165) is 15.7 Å². The molecule has 1 aliphatic rings. The van der Waals surface area contributed by atoms with Crippen LogP contribution in [0.3, 0.4) is 0 Å². The van der Waals surface area contributed by atoms with Crippen molar-refractivity contribution < 1.29 is 9.53 Å². The summed E-state index contributed by atoms with van der Waals surface area (Å²) in [4.78, 5) is 11.4. The summed E-state index contributed by atoms with van der Waals surface area (Å²) in [5.41, 5.74) is 1.77. The van der Waals surface area contributed by atoms with Crippen LogP contribution in [0.25, 0.3) is 0 Å². The zero-order valence-electron chi connectivity index (χ0n) is 11.8. The van der Waals surface area contributed by atoms with Gasteiger partial charge in [-0.2, -0.15) is 0 Å². The van der Waals surface area contributed by atoms with Crippen molar-refractivity contribution in [2.45, 2.75) is 12.1 Å². The Morgan fingerprint density at radius 3 is 2.61 bits per heavy atom. The van der Waals surface area contributed by atoms with E-state index in [1.54, 1.807) is 18.2 Å². The monoisotopic (exact) mass is 411 g/mol. The largest absolute Gasteiger partial charge is 0.452 e. The van der Waals surface area contributed by atoms with E-state index in [-0.39, 0.29) is 12.0 Å². The first kappa shape index (κ1) is 16.4. The number of hydrogen-bond donors (Lipinski definition) is 1. The Kier molecular flexibility index (Phi) is 4.95. The van der Waals surface area contributed by atoms with E-state index in [9.17, 15) is 4.79 Å². The molecule has 6 heteroatoms. The van der Waals surface area contributed by atoms with Gasteiger partial charge in [-0.1, -0.05) is 51.3 Å². The predicted octanol–water partition coefficient (Wildman–Crippen LogP) is 5.39. The molecule has 2 atom stereocenters. The van der Waals surface area contributed by atoms with E-state index < -0.39 is 6.10 Å². The van der Waals surface area contributed by atoms with E-state index >= 15 is 0 Å². The molecular formula is C17H12BrCl2NO2. The molecule has 0 aliphatic carbocycles. The molecule has 0 fully saturated rings. The Labute approximate surface area is 152 Å². The lowest BCUT2D eigenvalue weighted by Crippen LogP contribution is -2.25. The molecule has 0 bridgehead atoms. The van der Waals surface area contributed by atoms with E-state index in [0.29, 0.717) is 10.0 Å². The van der Waals surface area contributed by atoms with Gasteiger partial charge in [-0.05, 0) is 42.0 Å². The zero-order chi connectivity index (χ0) is 16.4. The molecule has 1 aliphatic heterocycles. The number of hydrogen-bond acceptors (Lipinski definition) is 3. The smallest absolute Gasteiger partial charge is 0.331 e. The normalized spacial score (nSPS) is 17.9. The summed E-state index contributed by atoms with van der Waals surface area (Å²) in [7, 11) is 0. The molecule has 1 heterocycles. The standard InChI is InChI=1S/C17H12BrCl2NO2/c18-11-2-1-3-12(9-11)21-17(15-6-7-16(22)23-15)10-4-5-13(19)14(20)8-10/h1-9,15,17,21H/t15-,17+/m0/s1. The maximum atomic E-state index is 11.4. The topological polar surface area (TPSA) is 38.3 Å². The summed E-state index contributed by atoms with van der Waals surface area (Å²) in [6.45, 7) is 0. The summed E-state index contributed by atoms with van der Waals surface area (Å²) < 4.78 is 6.30. The molecule has 0 amide bonds. The molecule has 0 saturated heterocycles. The number of esters is 1. The van der Waals surface area contributed by atoms with Crippen molar-refractivity contribution in [3.8, 4) is 0 Å². The Hall–Kier alpha value is -1.49. The molecule has 0 radical (unpaired) electrons. The van der Waals surface area contributed by atoms with Crippen molar-refractivity contribution in [3.63, 3.8) is 0 Å². The quantitative estimate of drug-likeness (QED) is 0.684. The first-order valence-electron chi connectivity index (χ1n) is 6.89. The molecule has 3 rings (SSSR count). The van der Waals surface area contributed by atoms with Gasteiger partial charge in [-0.15, -0.1) is 0 Å². The van der Waals surface area contributed by atoms with Crippen molar-refractivity contribution in [2.75, 3.05) is 5.32 Å². The molecule has 0 saturated carbocycles. The minimum atomic E-state index is -0.418. The second-order valence-corrected chi connectivity index (χ2v) is 6.80. The van der Waals surface area contributed by atoms with Crippen molar-refractivity contribution in [2.24, 2.45) is 0 Å². The molecule has 0 spiro atoms. The van der Waals surface area contributed by atoms with Gasteiger partial charge in [0.2, 0.25) is 0 Å². The van der Waals surface area contributed by atoms with Gasteiger partial charge >= 0.3 is 5.97 Å². The van der Waals surface area contributed by atoms with Gasteiger partial charge in [0.1, 0.15) is 6.10 Å². The summed E-state index contributed by atoms with van der Waals surface area (Å²) in [5.74, 6) is -0.351. The Morgan fingerprint density at radius 2 is 1.96 bits per heavy atom. The number of rotatable bonds is 4. The average molecular weight is 413 g/mol. The van der Waals surface area contributed by atoms with Crippen LogP contribution in [-0.4, -0.2) is 12.1 Å². The lowest BCUT2D eigenvalue weighted by atomic mass is 10.0. The summed E-state index contributed by atoms with van der Waals surface area (Å²) >= 11 is 15.6. The Bertz CT molecular complexity index is 779. The zero-order valence-corrected chi connectivity index (χ0v) is 14.9. The molecule has 23 heavy (non-hydrogen) atoms. The number of benzene rings is 2. The fourth-order valence-corrected chi connectivity index (χ4v) is 3.09. The molecule has 2 aromatic rings. The minimum Gasteiger partial charge on any atom is -0.452 e. The molecule has 0 unspecified atom stereocenters. The number of carbonyl (C=O) groups is 1. The lowest BCUT2D eigenvalue weighted by Gasteiger charge is -2.25. The number of ether oxygens (including phenoxy) is 1. The second kappa shape index (κ2) is 6.95. The number of carbonyl (C=O) groups excluding carboxylic acids is 1. The fraction of sp³-hybridized carbons (Fsp3) is 0.118. The van der Waals surface area contributed by atoms with Crippen LogP contribution in [0.4, 0.5) is 5.69 Å². The van der Waals surface area contributed by atoms with Crippen LogP contribution in [0.15, 0.2) is 59.1 Å². The van der Waals surface area contributed by atoms with E-state index in [2.05, 4.69) is 21.2 Å². The highest BCUT2D eigenvalue weighted by Crippen LogP contribution is 2.32. The highest BCUT2D eigenvalue weighted by atomic mass is 79.9. The predicted molar refractivity (Wildman–Crippen MR) is 96.0 cm³/mol. The molecule has 2 aromatic carbocycles. The third kappa shape index (κ3) is 3.89. The van der Waals surface area contributed by atoms with Gasteiger partial charge in [-0.3, -0.25) is 0 Å². The summed E-state index contributed by atoms with van der Waals surface area (Å²) in [6.07, 6.45) is 2.75. The van der Waals surface area contributed by atoms with Crippen LogP contribution >= 0.6 is 39.1 Å². The van der Waals surface area contributed by atoms with E-state index in [1.807, 2.05) is 30.3 Å². The van der Waals surface area contributed by atoms with Crippen LogP contribution in [0.1, 0.15) is 11.6 Å². The first-order valence-corrected chi connectivity index (χ1v) is 8.44. The van der Waals surface area contributed by atoms with Crippen molar-refractivity contribution in [1.82, 2.24) is 0 Å². The third-order valence-corrected chi connectivity index (χ3v) is 4.68. The number of anilines is 1. The van der Waals surface area contributed by atoms with Crippen LogP contribution in [0.2, 0.25) is 10.0 Å². The number of nitrogens with one attached hydrogen (secondary N) is 1. The van der Waals surface area contributed by atoms with Gasteiger partial charge in [0.05, 0.1) is 16.1 Å². The molecule has 118 valence electrons. The van der Waals surface area contributed by atoms with Gasteiger partial charge < -0.3 is 10.1 Å². The molecule has 3 nitrogen and oxygen atoms in total. The maximum absolute atomic E-state index is 11.4. The fourth-order valence-electron chi connectivity index (χ4n) is 2.38. The minimum absolute atomic E-state index is 0.276. The highest BCUT2D eigenvalue weighted by Gasteiger charge is 2.28. The SMILES string of the molecule is O=C1C=C[C@@H]([C@H](Nc2cccc(Br)c2)c2ccc(Cl)c(Cl)c2)O1. The first-order chi connectivity index (χ1) is 11.0. The van der Waals surface area contributed by atoms with Gasteiger partial charge in [0.15, 0.2) is 0 Å². The second-order valence-electron chi connectivity index (χ2n) is 5.07. The molecule has 0 aromatic heterocycles. The Balaban J connectivity index is 1.94. The lowest BCUT2D eigenvalue weighted by molar-refractivity contribution is -0.139. The van der Waals surface area contributed by atoms with E-state index in [1.165, 1.54) is 6.08 Å². The summed E-state index contributed by atoms with van der Waals surface area (Å²) in [5, 5.41) is 4.32. The van der Waals surface area contributed by atoms with Crippen LogP contribution in [0, 0.1) is 0 Å². The van der Waals surface area contributed by atoms with Gasteiger partial charge in [0.25, 0.3) is 0 Å². The van der Waals surface area contributed by atoms with Gasteiger partial charge in [-0.25, -0.2) is 4.79 Å². The van der Waals surface area contributed by atoms with Crippen LogP contribution < -0.4 is 5.32 Å². The van der Waals surface area contributed by atoms with Gasteiger partial charge in [0, 0.05) is 16.2 Å². The molecular weight excluding hydrogens is 401 g/mol. The molecule has 1 N–H and O–H groups in total. The van der Waals surface area contributed by atoms with Crippen molar-refractivity contribution in [3.05, 3.63) is 74.7 Å². The van der Waals surface area contributed by atoms with Crippen molar-refractivity contribution >= 4 is 50.8 Å². The van der Waals surface area contributed by atoms with Crippen molar-refractivity contribution in [1.29, 1.82) is 0 Å². The van der Waals surface area contributed by atoms with E-state index in [4.69, 9.17) is 27.9 Å². The third-order valence-electron chi connectivity index (χ3n) is 3.45.